The number of fused-ring (bicyclic) bond motifs is 1. The second kappa shape index (κ2) is 6.37. The van der Waals surface area contributed by atoms with E-state index in [-0.39, 0.29) is 18.2 Å². The summed E-state index contributed by atoms with van der Waals surface area (Å²) in [5.41, 5.74) is 2.06. The average molecular weight is 296 g/mol. The Kier molecular flexibility index (Phi) is 4.78. The van der Waals surface area contributed by atoms with Gasteiger partial charge in [0.05, 0.1) is 5.52 Å². The summed E-state index contributed by atoms with van der Waals surface area (Å²) in [7, 11) is 0. The molecule has 1 aliphatic heterocycles. The predicted octanol–water partition coefficient (Wildman–Crippen LogP) is 2.77. The van der Waals surface area contributed by atoms with E-state index in [1.165, 1.54) is 11.6 Å². The topological polar surface area (TPSA) is 28.2 Å². The third kappa shape index (κ3) is 2.86. The first kappa shape index (κ1) is 15.0. The maximum atomic E-state index is 13.3. The Morgan fingerprint density at radius 1 is 1.25 bits per heavy atom. The van der Waals surface area contributed by atoms with Crippen molar-refractivity contribution >= 4 is 29.1 Å². The summed E-state index contributed by atoms with van der Waals surface area (Å²) in [5.74, 6) is 0.856. The number of aryl methyl sites for hydroxylation is 1. The van der Waals surface area contributed by atoms with Gasteiger partial charge in [0.25, 0.3) is 0 Å². The quantitative estimate of drug-likeness (QED) is 0.923. The van der Waals surface area contributed by atoms with Gasteiger partial charge in [-0.25, -0.2) is 9.37 Å². The molecule has 20 heavy (non-hydrogen) atoms. The maximum Gasteiger partial charge on any atom is 0.132 e. The van der Waals surface area contributed by atoms with E-state index in [0.29, 0.717) is 0 Å². The highest BCUT2D eigenvalue weighted by Crippen LogP contribution is 2.25. The Balaban J connectivity index is 0.00000147. The van der Waals surface area contributed by atoms with E-state index < -0.39 is 0 Å². The molecule has 1 aliphatic rings. The van der Waals surface area contributed by atoms with Gasteiger partial charge in [0.2, 0.25) is 0 Å². The number of aromatic nitrogens is 1. The number of anilines is 1. The molecule has 0 spiro atoms. The first-order valence-electron chi connectivity index (χ1n) is 6.83. The van der Waals surface area contributed by atoms with Gasteiger partial charge in [-0.05, 0) is 36.2 Å². The van der Waals surface area contributed by atoms with Crippen molar-refractivity contribution in [3.05, 3.63) is 35.6 Å². The fourth-order valence-electron chi connectivity index (χ4n) is 2.59. The van der Waals surface area contributed by atoms with Crippen molar-refractivity contribution in [3.8, 4) is 0 Å². The lowest BCUT2D eigenvalue weighted by atomic mass is 10.1. The van der Waals surface area contributed by atoms with Crippen molar-refractivity contribution in [3.63, 3.8) is 0 Å². The normalized spacial score (nSPS) is 15.2. The van der Waals surface area contributed by atoms with Crippen LogP contribution in [-0.4, -0.2) is 31.2 Å². The zero-order chi connectivity index (χ0) is 13.2. The van der Waals surface area contributed by atoms with Crippen molar-refractivity contribution < 1.29 is 4.39 Å². The van der Waals surface area contributed by atoms with Crippen LogP contribution in [0.25, 0.3) is 10.9 Å². The highest BCUT2D eigenvalue weighted by Gasteiger charge is 2.16. The SMILES string of the molecule is CCc1cc2cc(F)ccc2nc1N1CCNCC1.Cl. The Labute approximate surface area is 124 Å². The lowest BCUT2D eigenvalue weighted by molar-refractivity contribution is 0.584. The number of hydrogen-bond donors (Lipinski definition) is 1. The van der Waals surface area contributed by atoms with E-state index in [0.717, 1.165) is 49.3 Å². The van der Waals surface area contributed by atoms with Crippen LogP contribution in [0.5, 0.6) is 0 Å². The number of benzene rings is 1. The van der Waals surface area contributed by atoms with Gasteiger partial charge >= 0.3 is 0 Å². The van der Waals surface area contributed by atoms with Crippen LogP contribution in [0.4, 0.5) is 10.2 Å². The molecule has 1 saturated heterocycles. The summed E-state index contributed by atoms with van der Waals surface area (Å²) in [4.78, 5) is 7.06. The zero-order valence-corrected chi connectivity index (χ0v) is 12.3. The van der Waals surface area contributed by atoms with Crippen LogP contribution in [0.2, 0.25) is 0 Å². The van der Waals surface area contributed by atoms with Crippen molar-refractivity contribution in [1.82, 2.24) is 10.3 Å². The zero-order valence-electron chi connectivity index (χ0n) is 11.5. The van der Waals surface area contributed by atoms with Crippen molar-refractivity contribution in [2.75, 3.05) is 31.1 Å². The first-order chi connectivity index (χ1) is 9.28. The fraction of sp³-hybridized carbons (Fsp3) is 0.400. The summed E-state index contributed by atoms with van der Waals surface area (Å²) in [6.07, 6.45) is 0.915. The van der Waals surface area contributed by atoms with Gasteiger partial charge in [0, 0.05) is 31.6 Å². The highest BCUT2D eigenvalue weighted by atomic mass is 35.5. The summed E-state index contributed by atoms with van der Waals surface area (Å²) in [6.45, 7) is 6.06. The minimum absolute atomic E-state index is 0. The van der Waals surface area contributed by atoms with Crippen LogP contribution < -0.4 is 10.2 Å². The van der Waals surface area contributed by atoms with Crippen molar-refractivity contribution in [2.45, 2.75) is 13.3 Å². The monoisotopic (exact) mass is 295 g/mol. The Bertz CT molecular complexity index is 597. The summed E-state index contributed by atoms with van der Waals surface area (Å²) in [5, 5.41) is 4.23. The molecule has 1 fully saturated rings. The third-order valence-corrected chi connectivity index (χ3v) is 3.63. The molecule has 0 amide bonds. The van der Waals surface area contributed by atoms with Crippen LogP contribution >= 0.6 is 12.4 Å². The number of nitrogens with zero attached hydrogens (tertiary/aromatic N) is 2. The van der Waals surface area contributed by atoms with E-state index >= 15 is 0 Å². The standard InChI is InChI=1S/C15H18FN3.ClH/c1-2-11-9-12-10-13(16)3-4-14(12)18-15(11)19-7-5-17-6-8-19;/h3-4,9-10,17H,2,5-8H2,1H3;1H. The minimum Gasteiger partial charge on any atom is -0.354 e. The highest BCUT2D eigenvalue weighted by molar-refractivity contribution is 5.85. The number of rotatable bonds is 2. The van der Waals surface area contributed by atoms with Crippen LogP contribution in [0.15, 0.2) is 24.3 Å². The number of piperazine rings is 1. The molecule has 1 N–H and O–H groups in total. The lowest BCUT2D eigenvalue weighted by Crippen LogP contribution is -2.44. The molecule has 108 valence electrons. The van der Waals surface area contributed by atoms with Crippen LogP contribution in [0.1, 0.15) is 12.5 Å². The Hall–Kier alpha value is -1.39. The number of nitrogens with one attached hydrogen (secondary N) is 1. The van der Waals surface area contributed by atoms with Crippen LogP contribution in [0, 0.1) is 5.82 Å². The molecule has 2 heterocycles. The Morgan fingerprint density at radius 2 is 2.00 bits per heavy atom. The third-order valence-electron chi connectivity index (χ3n) is 3.63. The summed E-state index contributed by atoms with van der Waals surface area (Å²) in [6, 6.07) is 6.87. The van der Waals surface area contributed by atoms with Crippen molar-refractivity contribution in [1.29, 1.82) is 0 Å². The molecule has 0 unspecified atom stereocenters. The molecule has 1 aromatic heterocycles. The van der Waals surface area contributed by atoms with Gasteiger partial charge < -0.3 is 10.2 Å². The first-order valence-corrected chi connectivity index (χ1v) is 6.83. The molecule has 0 atom stereocenters. The molecule has 2 aromatic rings. The van der Waals surface area contributed by atoms with E-state index in [1.807, 2.05) is 0 Å². The summed E-state index contributed by atoms with van der Waals surface area (Å²) >= 11 is 0. The van der Waals surface area contributed by atoms with Gasteiger partial charge in [-0.3, -0.25) is 0 Å². The molecule has 0 saturated carbocycles. The molecule has 0 radical (unpaired) electrons. The number of halogens is 2. The maximum absolute atomic E-state index is 13.3. The molecule has 3 rings (SSSR count). The van der Waals surface area contributed by atoms with Crippen molar-refractivity contribution in [2.24, 2.45) is 0 Å². The molecular weight excluding hydrogens is 277 g/mol. The summed E-state index contributed by atoms with van der Waals surface area (Å²) < 4.78 is 13.3. The number of pyridine rings is 1. The number of hydrogen-bond acceptors (Lipinski definition) is 3. The smallest absolute Gasteiger partial charge is 0.132 e. The van der Waals surface area contributed by atoms with Gasteiger partial charge in [-0.2, -0.15) is 0 Å². The molecule has 0 bridgehead atoms. The van der Waals surface area contributed by atoms with Crippen LogP contribution in [0.3, 0.4) is 0 Å². The molecule has 5 heteroatoms. The largest absolute Gasteiger partial charge is 0.354 e. The Morgan fingerprint density at radius 3 is 2.70 bits per heavy atom. The predicted molar refractivity (Wildman–Crippen MR) is 83.4 cm³/mol. The van der Waals surface area contributed by atoms with Crippen LogP contribution in [-0.2, 0) is 6.42 Å². The lowest BCUT2D eigenvalue weighted by Gasteiger charge is -2.30. The fourth-order valence-corrected chi connectivity index (χ4v) is 2.59. The minimum atomic E-state index is -0.203. The average Bonchev–Trinajstić information content (AvgIpc) is 2.46. The molecular formula is C15H19ClFN3. The van der Waals surface area contributed by atoms with E-state index in [2.05, 4.69) is 23.2 Å². The molecule has 0 aliphatic carbocycles. The van der Waals surface area contributed by atoms with Gasteiger partial charge in [-0.15, -0.1) is 12.4 Å². The van der Waals surface area contributed by atoms with Gasteiger partial charge in [0.1, 0.15) is 11.6 Å². The van der Waals surface area contributed by atoms with Gasteiger partial charge in [0.15, 0.2) is 0 Å². The second-order valence-electron chi connectivity index (χ2n) is 4.90. The van der Waals surface area contributed by atoms with E-state index in [4.69, 9.17) is 4.98 Å². The van der Waals surface area contributed by atoms with E-state index in [9.17, 15) is 4.39 Å². The molecule has 3 nitrogen and oxygen atoms in total. The second-order valence-corrected chi connectivity index (χ2v) is 4.90. The van der Waals surface area contributed by atoms with Gasteiger partial charge in [-0.1, -0.05) is 6.92 Å². The molecule has 1 aromatic carbocycles. The van der Waals surface area contributed by atoms with E-state index in [1.54, 1.807) is 12.1 Å².